The van der Waals surface area contributed by atoms with Gasteiger partial charge in [0.1, 0.15) is 0 Å². The van der Waals surface area contributed by atoms with E-state index in [0.717, 1.165) is 12.1 Å². The van der Waals surface area contributed by atoms with Crippen molar-refractivity contribution in [1.82, 2.24) is 4.98 Å². The van der Waals surface area contributed by atoms with Gasteiger partial charge in [-0.1, -0.05) is 29.3 Å². The summed E-state index contributed by atoms with van der Waals surface area (Å²) in [7, 11) is 0. The second kappa shape index (κ2) is 4.44. The molecule has 0 aliphatic rings. The van der Waals surface area contributed by atoms with E-state index in [0.29, 0.717) is 0 Å². The van der Waals surface area contributed by atoms with Crippen molar-refractivity contribution in [2.45, 2.75) is 11.0 Å². The van der Waals surface area contributed by atoms with E-state index in [2.05, 4.69) is 9.40 Å². The summed E-state index contributed by atoms with van der Waals surface area (Å²) >= 11 is 10.9. The minimum atomic E-state index is -4.63. The average Bonchev–Trinajstić information content (AvgIpc) is 2.26. The molecule has 1 aromatic carbocycles. The Balaban J connectivity index is 2.87. The Hall–Kier alpha value is -1.27. The number of rotatable bonds is 1. The average molecular weight is 298 g/mol. The van der Waals surface area contributed by atoms with E-state index in [1.807, 2.05) is 0 Å². The Morgan fingerprint density at radius 3 is 2.50 bits per heavy atom. The topological polar surface area (TPSA) is 43.1 Å². The molecule has 0 amide bonds. The lowest BCUT2D eigenvalue weighted by atomic mass is 10.1. The molecular formula is C10H4Cl2F3NO2. The standard InChI is InChI=1S/C10H4Cl2F3NO2/c11-7(12)8-16-6-4(9(17)18-8)2-1-3-5(6)10(13,14)15/h1-3,7H. The lowest BCUT2D eigenvalue weighted by Crippen LogP contribution is -2.11. The zero-order chi connectivity index (χ0) is 13.5. The molecule has 96 valence electrons. The minimum Gasteiger partial charge on any atom is -0.405 e. The summed E-state index contributed by atoms with van der Waals surface area (Å²) in [6.07, 6.45) is -4.63. The number of nitrogens with zero attached hydrogens (tertiary/aromatic N) is 1. The minimum absolute atomic E-state index is 0.275. The highest BCUT2D eigenvalue weighted by molar-refractivity contribution is 6.43. The number of halogens is 5. The highest BCUT2D eigenvalue weighted by atomic mass is 35.5. The zero-order valence-corrected chi connectivity index (χ0v) is 9.97. The third kappa shape index (κ3) is 2.30. The van der Waals surface area contributed by atoms with E-state index in [1.165, 1.54) is 6.07 Å². The Kier molecular flexibility index (Phi) is 3.25. The fraction of sp³-hybridized carbons (Fsp3) is 0.200. The van der Waals surface area contributed by atoms with Gasteiger partial charge in [-0.05, 0) is 12.1 Å². The van der Waals surface area contributed by atoms with Crippen molar-refractivity contribution in [3.05, 3.63) is 40.1 Å². The number of fused-ring (bicyclic) bond motifs is 1. The molecular weight excluding hydrogens is 294 g/mol. The number of benzene rings is 1. The summed E-state index contributed by atoms with van der Waals surface area (Å²) in [6, 6.07) is 3.10. The fourth-order valence-corrected chi connectivity index (χ4v) is 1.62. The molecule has 3 nitrogen and oxygen atoms in total. The van der Waals surface area contributed by atoms with Crippen molar-refractivity contribution in [2.24, 2.45) is 0 Å². The molecule has 0 atom stereocenters. The van der Waals surface area contributed by atoms with Gasteiger partial charge in [-0.2, -0.15) is 13.2 Å². The quantitative estimate of drug-likeness (QED) is 0.754. The molecule has 18 heavy (non-hydrogen) atoms. The van der Waals surface area contributed by atoms with Crippen LogP contribution in [-0.2, 0) is 6.18 Å². The number of hydrogen-bond donors (Lipinski definition) is 0. The summed E-state index contributed by atoms with van der Waals surface area (Å²) in [5.41, 5.74) is -2.53. The third-order valence-corrected chi connectivity index (χ3v) is 2.54. The highest BCUT2D eigenvalue weighted by Gasteiger charge is 2.34. The maximum atomic E-state index is 12.7. The van der Waals surface area contributed by atoms with Crippen LogP contribution in [0.4, 0.5) is 13.2 Å². The van der Waals surface area contributed by atoms with Gasteiger partial charge in [0.25, 0.3) is 0 Å². The SMILES string of the molecule is O=c1oc(C(Cl)Cl)nc2c(C(F)(F)F)cccc12. The van der Waals surface area contributed by atoms with Crippen LogP contribution in [0.1, 0.15) is 16.3 Å². The first-order valence-electron chi connectivity index (χ1n) is 4.60. The van der Waals surface area contributed by atoms with Crippen LogP contribution in [0.15, 0.2) is 27.4 Å². The van der Waals surface area contributed by atoms with Gasteiger partial charge >= 0.3 is 11.8 Å². The largest absolute Gasteiger partial charge is 0.418 e. The molecule has 0 saturated carbocycles. The fourth-order valence-electron chi connectivity index (χ4n) is 1.43. The van der Waals surface area contributed by atoms with Gasteiger partial charge in [0.2, 0.25) is 5.89 Å². The van der Waals surface area contributed by atoms with Crippen LogP contribution in [0.3, 0.4) is 0 Å². The summed E-state index contributed by atoms with van der Waals surface area (Å²) in [5, 5.41) is -0.275. The predicted octanol–water partition coefficient (Wildman–Crippen LogP) is 3.68. The molecule has 0 radical (unpaired) electrons. The molecule has 2 rings (SSSR count). The Labute approximate surface area is 108 Å². The summed E-state index contributed by atoms with van der Waals surface area (Å²) in [6.45, 7) is 0. The van der Waals surface area contributed by atoms with Crippen LogP contribution in [0.25, 0.3) is 10.9 Å². The van der Waals surface area contributed by atoms with Crippen LogP contribution in [0, 0.1) is 0 Å². The van der Waals surface area contributed by atoms with E-state index in [1.54, 1.807) is 0 Å². The maximum Gasteiger partial charge on any atom is 0.418 e. The number of hydrogen-bond acceptors (Lipinski definition) is 3. The van der Waals surface area contributed by atoms with Gasteiger partial charge in [0.15, 0.2) is 4.84 Å². The van der Waals surface area contributed by atoms with Crippen LogP contribution in [0.5, 0.6) is 0 Å². The van der Waals surface area contributed by atoms with Gasteiger partial charge in [0.05, 0.1) is 16.5 Å². The molecule has 0 aliphatic heterocycles. The second-order valence-electron chi connectivity index (χ2n) is 3.34. The number of aromatic nitrogens is 1. The Bertz CT molecular complexity index is 652. The van der Waals surface area contributed by atoms with Crippen LogP contribution in [-0.4, -0.2) is 4.98 Å². The highest BCUT2D eigenvalue weighted by Crippen LogP contribution is 2.34. The predicted molar refractivity (Wildman–Crippen MR) is 59.7 cm³/mol. The smallest absolute Gasteiger partial charge is 0.405 e. The first-order chi connectivity index (χ1) is 8.30. The monoisotopic (exact) mass is 297 g/mol. The van der Waals surface area contributed by atoms with E-state index in [-0.39, 0.29) is 5.39 Å². The Morgan fingerprint density at radius 2 is 1.94 bits per heavy atom. The molecule has 2 aromatic rings. The second-order valence-corrected chi connectivity index (χ2v) is 4.44. The Morgan fingerprint density at radius 1 is 1.28 bits per heavy atom. The third-order valence-electron chi connectivity index (χ3n) is 2.17. The van der Waals surface area contributed by atoms with Gasteiger partial charge < -0.3 is 4.42 Å². The van der Waals surface area contributed by atoms with E-state index in [4.69, 9.17) is 23.2 Å². The maximum absolute atomic E-state index is 12.7. The van der Waals surface area contributed by atoms with Crippen molar-refractivity contribution in [2.75, 3.05) is 0 Å². The summed E-state index contributed by atoms with van der Waals surface area (Å²) < 4.78 is 42.9. The van der Waals surface area contributed by atoms with Crippen molar-refractivity contribution in [3.8, 4) is 0 Å². The van der Waals surface area contributed by atoms with Crippen molar-refractivity contribution >= 4 is 34.1 Å². The molecule has 0 bridgehead atoms. The lowest BCUT2D eigenvalue weighted by Gasteiger charge is -2.09. The van der Waals surface area contributed by atoms with E-state index >= 15 is 0 Å². The molecule has 0 aliphatic carbocycles. The summed E-state index contributed by atoms with van der Waals surface area (Å²) in [5.74, 6) is -0.465. The van der Waals surface area contributed by atoms with Gasteiger partial charge in [-0.25, -0.2) is 9.78 Å². The van der Waals surface area contributed by atoms with Crippen molar-refractivity contribution < 1.29 is 17.6 Å². The molecule has 0 N–H and O–H groups in total. The molecule has 1 aromatic heterocycles. The van der Waals surface area contributed by atoms with Gasteiger partial charge in [-0.15, -0.1) is 0 Å². The molecule has 8 heteroatoms. The van der Waals surface area contributed by atoms with Crippen molar-refractivity contribution in [1.29, 1.82) is 0 Å². The number of para-hydroxylation sites is 1. The summed E-state index contributed by atoms with van der Waals surface area (Å²) in [4.78, 5) is 13.7. The molecule has 0 spiro atoms. The molecule has 0 saturated heterocycles. The van der Waals surface area contributed by atoms with Crippen molar-refractivity contribution in [3.63, 3.8) is 0 Å². The number of alkyl halides is 5. The van der Waals surface area contributed by atoms with E-state index < -0.39 is 33.6 Å². The van der Waals surface area contributed by atoms with Crippen LogP contribution < -0.4 is 5.63 Å². The first kappa shape index (κ1) is 13.2. The van der Waals surface area contributed by atoms with Gasteiger partial charge in [-0.3, -0.25) is 0 Å². The lowest BCUT2D eigenvalue weighted by molar-refractivity contribution is -0.136. The van der Waals surface area contributed by atoms with Crippen LogP contribution in [0.2, 0.25) is 0 Å². The van der Waals surface area contributed by atoms with E-state index in [9.17, 15) is 18.0 Å². The normalized spacial score (nSPS) is 12.3. The van der Waals surface area contributed by atoms with Crippen LogP contribution >= 0.6 is 23.2 Å². The molecule has 1 heterocycles. The molecule has 0 fully saturated rings. The first-order valence-corrected chi connectivity index (χ1v) is 5.47. The molecule has 0 unspecified atom stereocenters. The zero-order valence-electron chi connectivity index (χ0n) is 8.46. The van der Waals surface area contributed by atoms with Gasteiger partial charge in [0, 0.05) is 0 Å².